The lowest BCUT2D eigenvalue weighted by Gasteiger charge is -2.13. The van der Waals surface area contributed by atoms with Gasteiger partial charge in [-0.15, -0.1) is 0 Å². The molecule has 0 fully saturated rings. The van der Waals surface area contributed by atoms with Crippen LogP contribution in [-0.4, -0.2) is 15.4 Å². The minimum atomic E-state index is -0.321. The topological polar surface area (TPSA) is 79.6 Å². The molecule has 0 spiro atoms. The summed E-state index contributed by atoms with van der Waals surface area (Å²) in [6, 6.07) is 4.08. The van der Waals surface area contributed by atoms with E-state index in [0.717, 1.165) is 0 Å². The van der Waals surface area contributed by atoms with Crippen molar-refractivity contribution < 1.29 is 4.39 Å². The number of hydrazine groups is 1. The fourth-order valence-electron chi connectivity index (χ4n) is 1.55. The van der Waals surface area contributed by atoms with Gasteiger partial charge < -0.3 is 0 Å². The Labute approximate surface area is 102 Å². The summed E-state index contributed by atoms with van der Waals surface area (Å²) in [6.07, 6.45) is 1.88. The first kappa shape index (κ1) is 12.0. The standard InChI is InChI=1S/C10H11ClFN5/c11-7-1-2-8(12)6(3-7)4-9(15-13)10-5-14-17-16-10/h1-3,5,9,15H,4,13H2,(H,14,16,17). The lowest BCUT2D eigenvalue weighted by Crippen LogP contribution is -2.30. The van der Waals surface area contributed by atoms with Crippen molar-refractivity contribution in [2.75, 3.05) is 0 Å². The fourth-order valence-corrected chi connectivity index (χ4v) is 1.74. The number of aromatic nitrogens is 3. The summed E-state index contributed by atoms with van der Waals surface area (Å²) in [4.78, 5) is 0. The highest BCUT2D eigenvalue weighted by molar-refractivity contribution is 6.30. The van der Waals surface area contributed by atoms with Crippen LogP contribution in [0.3, 0.4) is 0 Å². The molecule has 1 heterocycles. The Morgan fingerprint density at radius 2 is 2.35 bits per heavy atom. The second kappa shape index (κ2) is 5.22. The molecule has 1 aromatic heterocycles. The Kier molecular flexibility index (Phi) is 3.68. The third-order valence-corrected chi connectivity index (χ3v) is 2.66. The third-order valence-electron chi connectivity index (χ3n) is 2.42. The molecule has 7 heteroatoms. The van der Waals surface area contributed by atoms with E-state index >= 15 is 0 Å². The Morgan fingerprint density at radius 1 is 1.53 bits per heavy atom. The van der Waals surface area contributed by atoms with Crippen LogP contribution in [0.25, 0.3) is 0 Å². The number of nitrogens with zero attached hydrogens (tertiary/aromatic N) is 2. The Hall–Kier alpha value is -1.50. The molecule has 90 valence electrons. The number of hydrogen-bond donors (Lipinski definition) is 3. The van der Waals surface area contributed by atoms with E-state index in [2.05, 4.69) is 20.8 Å². The maximum Gasteiger partial charge on any atom is 0.126 e. The van der Waals surface area contributed by atoms with Gasteiger partial charge in [0.1, 0.15) is 11.5 Å². The van der Waals surface area contributed by atoms with Gasteiger partial charge in [0.2, 0.25) is 0 Å². The Morgan fingerprint density at radius 3 is 3.00 bits per heavy atom. The smallest absolute Gasteiger partial charge is 0.126 e. The predicted octanol–water partition coefficient (Wildman–Crippen LogP) is 1.34. The monoisotopic (exact) mass is 255 g/mol. The zero-order chi connectivity index (χ0) is 12.3. The Bertz CT molecular complexity index is 487. The molecule has 1 atom stereocenters. The average molecular weight is 256 g/mol. The number of benzene rings is 1. The minimum absolute atomic E-state index is 0.318. The van der Waals surface area contributed by atoms with Crippen molar-refractivity contribution in [1.82, 2.24) is 20.8 Å². The fraction of sp³-hybridized carbons (Fsp3) is 0.200. The minimum Gasteiger partial charge on any atom is -0.271 e. The molecule has 0 amide bonds. The largest absolute Gasteiger partial charge is 0.271 e. The van der Waals surface area contributed by atoms with Crippen LogP contribution >= 0.6 is 11.6 Å². The molecular formula is C10H11ClFN5. The summed E-state index contributed by atoms with van der Waals surface area (Å²) in [5, 5.41) is 10.5. The highest BCUT2D eigenvalue weighted by Crippen LogP contribution is 2.20. The number of hydrogen-bond acceptors (Lipinski definition) is 4. The van der Waals surface area contributed by atoms with E-state index in [1.165, 1.54) is 18.3 Å². The number of nitrogens with one attached hydrogen (secondary N) is 2. The normalized spacial score (nSPS) is 12.6. The van der Waals surface area contributed by atoms with Crippen molar-refractivity contribution in [3.8, 4) is 0 Å². The summed E-state index contributed by atoms with van der Waals surface area (Å²) in [7, 11) is 0. The van der Waals surface area contributed by atoms with Gasteiger partial charge in [-0.3, -0.25) is 11.3 Å². The summed E-state index contributed by atoms with van der Waals surface area (Å²) in [5.41, 5.74) is 3.66. The highest BCUT2D eigenvalue weighted by atomic mass is 35.5. The lowest BCUT2D eigenvalue weighted by molar-refractivity contribution is 0.518. The van der Waals surface area contributed by atoms with Crippen molar-refractivity contribution in [3.63, 3.8) is 0 Å². The van der Waals surface area contributed by atoms with Crippen LogP contribution in [0.2, 0.25) is 5.02 Å². The molecule has 0 saturated heterocycles. The molecule has 1 aromatic carbocycles. The van der Waals surface area contributed by atoms with Gasteiger partial charge in [-0.2, -0.15) is 15.4 Å². The maximum atomic E-state index is 13.5. The van der Waals surface area contributed by atoms with Gasteiger partial charge >= 0.3 is 0 Å². The molecule has 0 aliphatic heterocycles. The summed E-state index contributed by atoms with van der Waals surface area (Å²) in [5.74, 6) is 5.09. The molecule has 4 N–H and O–H groups in total. The molecule has 2 rings (SSSR count). The first-order valence-electron chi connectivity index (χ1n) is 4.96. The number of nitrogens with two attached hydrogens (primary N) is 1. The van der Waals surface area contributed by atoms with Gasteiger partial charge in [0.25, 0.3) is 0 Å². The second-order valence-electron chi connectivity index (χ2n) is 3.55. The zero-order valence-corrected chi connectivity index (χ0v) is 9.58. The van der Waals surface area contributed by atoms with Crippen molar-refractivity contribution in [2.24, 2.45) is 5.84 Å². The molecule has 0 aliphatic carbocycles. The van der Waals surface area contributed by atoms with Crippen LogP contribution in [0.4, 0.5) is 4.39 Å². The SMILES string of the molecule is NNC(Cc1cc(Cl)ccc1F)c1cn[nH]n1. The summed E-state index contributed by atoms with van der Waals surface area (Å²) in [6.45, 7) is 0. The molecule has 5 nitrogen and oxygen atoms in total. The van der Waals surface area contributed by atoms with Gasteiger partial charge in [-0.1, -0.05) is 11.6 Å². The third kappa shape index (κ3) is 2.79. The molecule has 1 unspecified atom stereocenters. The van der Waals surface area contributed by atoms with Gasteiger partial charge in [0.05, 0.1) is 12.2 Å². The van der Waals surface area contributed by atoms with Crippen molar-refractivity contribution >= 4 is 11.6 Å². The van der Waals surface area contributed by atoms with E-state index in [4.69, 9.17) is 17.4 Å². The molecule has 2 aromatic rings. The predicted molar refractivity (Wildman–Crippen MR) is 61.6 cm³/mol. The van der Waals surface area contributed by atoms with Crippen LogP contribution in [0.15, 0.2) is 24.4 Å². The van der Waals surface area contributed by atoms with E-state index in [-0.39, 0.29) is 11.9 Å². The summed E-state index contributed by atoms with van der Waals surface area (Å²) < 4.78 is 13.5. The number of H-pyrrole nitrogens is 1. The van der Waals surface area contributed by atoms with Crippen LogP contribution in [-0.2, 0) is 6.42 Å². The first-order chi connectivity index (χ1) is 8.20. The Balaban J connectivity index is 2.21. The summed E-state index contributed by atoms with van der Waals surface area (Å²) >= 11 is 5.82. The maximum absolute atomic E-state index is 13.5. The average Bonchev–Trinajstić information content (AvgIpc) is 2.84. The van der Waals surface area contributed by atoms with E-state index < -0.39 is 0 Å². The molecular weight excluding hydrogens is 245 g/mol. The van der Waals surface area contributed by atoms with Crippen molar-refractivity contribution in [2.45, 2.75) is 12.5 Å². The van der Waals surface area contributed by atoms with Crippen LogP contribution in [0.1, 0.15) is 17.3 Å². The quantitative estimate of drug-likeness (QED) is 0.569. The number of halogens is 2. The van der Waals surface area contributed by atoms with Crippen molar-refractivity contribution in [1.29, 1.82) is 0 Å². The van der Waals surface area contributed by atoms with Crippen LogP contribution in [0, 0.1) is 5.82 Å². The first-order valence-corrected chi connectivity index (χ1v) is 5.34. The van der Waals surface area contributed by atoms with Crippen LogP contribution < -0.4 is 11.3 Å². The van der Waals surface area contributed by atoms with Gasteiger partial charge in [0, 0.05) is 5.02 Å². The molecule has 0 bridgehead atoms. The van der Waals surface area contributed by atoms with Gasteiger partial charge in [0.15, 0.2) is 0 Å². The van der Waals surface area contributed by atoms with E-state index in [1.54, 1.807) is 6.07 Å². The molecule has 17 heavy (non-hydrogen) atoms. The molecule has 0 saturated carbocycles. The lowest BCUT2D eigenvalue weighted by atomic mass is 10.0. The van der Waals surface area contributed by atoms with Gasteiger partial charge in [-0.25, -0.2) is 4.39 Å². The number of rotatable bonds is 4. The van der Waals surface area contributed by atoms with E-state index in [0.29, 0.717) is 22.7 Å². The number of aromatic amines is 1. The van der Waals surface area contributed by atoms with E-state index in [9.17, 15) is 4.39 Å². The molecule has 0 radical (unpaired) electrons. The van der Waals surface area contributed by atoms with E-state index in [1.807, 2.05) is 0 Å². The van der Waals surface area contributed by atoms with Crippen molar-refractivity contribution in [3.05, 3.63) is 46.5 Å². The van der Waals surface area contributed by atoms with Crippen LogP contribution in [0.5, 0.6) is 0 Å². The van der Waals surface area contributed by atoms with Gasteiger partial charge in [-0.05, 0) is 30.2 Å². The highest BCUT2D eigenvalue weighted by Gasteiger charge is 2.15. The second-order valence-corrected chi connectivity index (χ2v) is 3.99. The zero-order valence-electron chi connectivity index (χ0n) is 8.82. The molecule has 0 aliphatic rings.